The van der Waals surface area contributed by atoms with Gasteiger partial charge in [0.25, 0.3) is 0 Å². The molecule has 2 unspecified atom stereocenters. The molecule has 0 amide bonds. The van der Waals surface area contributed by atoms with Gasteiger partial charge in [-0.3, -0.25) is 19.8 Å². The number of hydrogen-bond acceptors (Lipinski definition) is 10. The fraction of sp³-hybridized carbons (Fsp3) is 0.458. The van der Waals surface area contributed by atoms with Gasteiger partial charge in [-0.15, -0.1) is 10.2 Å². The zero-order valence-electron chi connectivity index (χ0n) is 34.1. The average molecular weight is 779 g/mol. The Bertz CT molecular complexity index is 2280. The normalized spacial score (nSPS) is 27.4. The molecule has 6 aliphatic rings. The van der Waals surface area contributed by atoms with Crippen molar-refractivity contribution >= 4 is 32.6 Å². The predicted molar refractivity (Wildman–Crippen MR) is 227 cm³/mol. The molecule has 0 saturated carbocycles. The number of benzene rings is 3. The highest BCUT2D eigenvalue weighted by atomic mass is 16.5. The Labute approximate surface area is 340 Å². The van der Waals surface area contributed by atoms with Gasteiger partial charge in [0.2, 0.25) is 11.8 Å². The van der Waals surface area contributed by atoms with Crippen LogP contribution in [0.5, 0.6) is 23.3 Å². The van der Waals surface area contributed by atoms with Crippen LogP contribution in [0, 0.1) is 23.7 Å². The Hall–Kier alpha value is -5.06. The molecule has 0 radical (unpaired) electrons. The van der Waals surface area contributed by atoms with Gasteiger partial charge in [-0.1, -0.05) is 38.8 Å². The van der Waals surface area contributed by atoms with Crippen molar-refractivity contribution in [3.63, 3.8) is 0 Å². The summed E-state index contributed by atoms with van der Waals surface area (Å²) in [4.78, 5) is 14.8. The van der Waals surface area contributed by atoms with Gasteiger partial charge in [0.1, 0.15) is 23.7 Å². The Morgan fingerprint density at radius 3 is 1.47 bits per heavy atom. The highest BCUT2D eigenvalue weighted by Crippen LogP contribution is 2.47. The van der Waals surface area contributed by atoms with Crippen molar-refractivity contribution in [2.24, 2.45) is 23.7 Å². The summed E-state index contributed by atoms with van der Waals surface area (Å²) in [5, 5.41) is 13.7. The number of methoxy groups -OCH3 is 2. The molecule has 3 aromatic heterocycles. The minimum absolute atomic E-state index is 0.180. The second kappa shape index (κ2) is 15.6. The first-order valence-corrected chi connectivity index (χ1v) is 21.5. The summed E-state index contributed by atoms with van der Waals surface area (Å²) in [5.41, 5.74) is 4.01. The summed E-state index contributed by atoms with van der Waals surface area (Å²) in [6, 6.07) is 25.1. The van der Waals surface area contributed by atoms with Crippen LogP contribution in [0.1, 0.15) is 75.7 Å². The van der Waals surface area contributed by atoms with Crippen LogP contribution in [0.2, 0.25) is 0 Å². The monoisotopic (exact) mass is 778 g/mol. The SMILES string of the molecule is CC[C@@H]1CN2CC[C@H]1C[C@H]2[C@H](Oc1nnc(O[C@H](c2ccnc3ccc(OC)cc23)[C@@H]2C[C@@H]3CCN2C[C@@H]3CC)c2ccccc12)c1ccnc2ccc(OC)cc12. The number of rotatable bonds is 12. The maximum absolute atomic E-state index is 7.30. The van der Waals surface area contributed by atoms with Crippen LogP contribution in [0.4, 0.5) is 0 Å². The summed E-state index contributed by atoms with van der Waals surface area (Å²) in [6.07, 6.45) is 10.2. The molecule has 4 bridgehead atoms. The molecule has 10 heteroatoms. The lowest BCUT2D eigenvalue weighted by Gasteiger charge is -2.52. The van der Waals surface area contributed by atoms with Crippen LogP contribution in [0.3, 0.4) is 0 Å². The quantitative estimate of drug-likeness (QED) is 0.120. The summed E-state index contributed by atoms with van der Waals surface area (Å²) in [6.45, 7) is 9.00. The van der Waals surface area contributed by atoms with Crippen molar-refractivity contribution in [1.29, 1.82) is 0 Å². The first-order valence-electron chi connectivity index (χ1n) is 21.5. The van der Waals surface area contributed by atoms with Gasteiger partial charge in [0, 0.05) is 47.4 Å². The van der Waals surface area contributed by atoms with E-state index in [0.29, 0.717) is 35.4 Å². The molecule has 0 aliphatic carbocycles. The number of fused-ring (bicyclic) bond motifs is 9. The minimum atomic E-state index is -0.300. The molecular formula is C48H54N6O4. The number of aromatic nitrogens is 4. The fourth-order valence-corrected chi connectivity index (χ4v) is 11.1. The van der Waals surface area contributed by atoms with Crippen LogP contribution in [-0.4, -0.2) is 82.4 Å². The van der Waals surface area contributed by atoms with Crippen LogP contribution in [0.25, 0.3) is 32.6 Å². The predicted octanol–water partition coefficient (Wildman–Crippen LogP) is 9.22. The van der Waals surface area contributed by atoms with Crippen LogP contribution in [0.15, 0.2) is 85.2 Å². The van der Waals surface area contributed by atoms with Gasteiger partial charge in [0.05, 0.1) is 48.1 Å². The summed E-state index contributed by atoms with van der Waals surface area (Å²) in [5.74, 6) is 5.39. The maximum atomic E-state index is 7.30. The molecular weight excluding hydrogens is 725 g/mol. The molecule has 6 saturated heterocycles. The lowest BCUT2D eigenvalue weighted by Crippen LogP contribution is -2.56. The van der Waals surface area contributed by atoms with E-state index in [2.05, 4.69) is 72.2 Å². The first-order chi connectivity index (χ1) is 28.5. The van der Waals surface area contributed by atoms with Crippen molar-refractivity contribution in [3.8, 4) is 23.3 Å². The van der Waals surface area contributed by atoms with Crippen molar-refractivity contribution in [1.82, 2.24) is 30.0 Å². The standard InChI is InChI=1S/C48H54N6O4/c1-5-29-27-53-21-17-31(29)23-43(53)45(35-15-19-49-41-13-11-33(55-3)25-39(35)41)57-47-37-9-7-8-10-38(37)48(52-51-47)58-46(44-24-32-18-22-54(44)28-30(32)6-2)36-16-20-50-42-14-12-34(56-4)26-40(36)42/h7-16,19-20,25-26,29-32,43-46H,5-6,17-18,21-24,27-28H2,1-4H3/t29-,30+,31-,32-,43-,44-,45+,46+/m0/s1. The van der Waals surface area contributed by atoms with E-state index in [-0.39, 0.29) is 24.3 Å². The Balaban J connectivity index is 1.06. The van der Waals surface area contributed by atoms with Gasteiger partial charge in [-0.25, -0.2) is 0 Å². The molecule has 6 fully saturated rings. The van der Waals surface area contributed by atoms with Gasteiger partial charge < -0.3 is 18.9 Å². The molecule has 10 nitrogen and oxygen atoms in total. The third-order valence-corrected chi connectivity index (χ3v) is 14.3. The van der Waals surface area contributed by atoms with Crippen molar-refractivity contribution in [2.45, 2.75) is 76.7 Å². The van der Waals surface area contributed by atoms with E-state index in [9.17, 15) is 0 Å². The first kappa shape index (κ1) is 37.2. The van der Waals surface area contributed by atoms with E-state index in [4.69, 9.17) is 39.1 Å². The molecule has 3 aromatic carbocycles. The van der Waals surface area contributed by atoms with E-state index in [1.807, 2.05) is 36.7 Å². The highest BCUT2D eigenvalue weighted by molar-refractivity contribution is 5.91. The third-order valence-electron chi connectivity index (χ3n) is 14.3. The summed E-state index contributed by atoms with van der Waals surface area (Å²) < 4.78 is 26.0. The van der Waals surface area contributed by atoms with E-state index < -0.39 is 0 Å². The molecule has 10 atom stereocenters. The van der Waals surface area contributed by atoms with E-state index in [1.165, 1.54) is 25.7 Å². The third kappa shape index (κ3) is 6.58. The second-order valence-corrected chi connectivity index (χ2v) is 17.0. The molecule has 0 N–H and O–H groups in total. The lowest BCUT2D eigenvalue weighted by molar-refractivity contribution is -0.0505. The zero-order chi connectivity index (χ0) is 39.3. The van der Waals surface area contributed by atoms with Gasteiger partial charge >= 0.3 is 0 Å². The number of piperidine rings is 6. The maximum Gasteiger partial charge on any atom is 0.242 e. The van der Waals surface area contributed by atoms with Crippen molar-refractivity contribution < 1.29 is 18.9 Å². The van der Waals surface area contributed by atoms with Crippen LogP contribution in [-0.2, 0) is 0 Å². The van der Waals surface area contributed by atoms with Gasteiger partial charge in [-0.2, -0.15) is 0 Å². The lowest BCUT2D eigenvalue weighted by atomic mass is 9.72. The number of pyridine rings is 2. The van der Waals surface area contributed by atoms with E-state index >= 15 is 0 Å². The topological polar surface area (TPSA) is 95.0 Å². The van der Waals surface area contributed by atoms with Gasteiger partial charge in [-0.05, 0) is 123 Å². The largest absolute Gasteiger partial charge is 0.497 e. The Kier molecular flexibility index (Phi) is 10.0. The van der Waals surface area contributed by atoms with E-state index in [0.717, 1.165) is 94.2 Å². The highest BCUT2D eigenvalue weighted by Gasteiger charge is 2.46. The molecule has 6 aliphatic heterocycles. The number of nitrogens with zero attached hydrogens (tertiary/aromatic N) is 6. The van der Waals surface area contributed by atoms with Crippen molar-refractivity contribution in [3.05, 3.63) is 96.3 Å². The summed E-state index contributed by atoms with van der Waals surface area (Å²) in [7, 11) is 3.42. The van der Waals surface area contributed by atoms with Crippen LogP contribution < -0.4 is 18.9 Å². The smallest absolute Gasteiger partial charge is 0.242 e. The second-order valence-electron chi connectivity index (χ2n) is 17.0. The fourth-order valence-electron chi connectivity index (χ4n) is 11.1. The average Bonchev–Trinajstić information content (AvgIpc) is 3.29. The molecule has 58 heavy (non-hydrogen) atoms. The Morgan fingerprint density at radius 2 is 1.07 bits per heavy atom. The summed E-state index contributed by atoms with van der Waals surface area (Å²) >= 11 is 0. The van der Waals surface area contributed by atoms with E-state index in [1.54, 1.807) is 14.2 Å². The molecule has 0 spiro atoms. The molecule has 6 aromatic rings. The molecule has 9 heterocycles. The minimum Gasteiger partial charge on any atom is -0.497 e. The van der Waals surface area contributed by atoms with Crippen LogP contribution >= 0.6 is 0 Å². The zero-order valence-corrected chi connectivity index (χ0v) is 34.1. The number of ether oxygens (including phenoxy) is 4. The van der Waals surface area contributed by atoms with Crippen molar-refractivity contribution in [2.75, 3.05) is 40.4 Å². The number of hydrogen-bond donors (Lipinski definition) is 0. The molecule has 300 valence electrons. The van der Waals surface area contributed by atoms with Gasteiger partial charge in [0.15, 0.2) is 0 Å². The molecule has 12 rings (SSSR count). The Morgan fingerprint density at radius 1 is 0.603 bits per heavy atom.